The van der Waals surface area contributed by atoms with Crippen LogP contribution >= 0.6 is 10.2 Å². The van der Waals surface area contributed by atoms with Gasteiger partial charge in [0.15, 0.2) is 5.82 Å². The van der Waals surface area contributed by atoms with Crippen molar-refractivity contribution in [3.63, 3.8) is 0 Å². The first-order valence-corrected chi connectivity index (χ1v) is 14.3. The van der Waals surface area contributed by atoms with Gasteiger partial charge in [-0.3, -0.25) is 4.21 Å². The molecule has 1 aromatic heterocycles. The fraction of sp³-hybridized carbons (Fsp3) is 0.524. The molecule has 0 spiro atoms. The zero-order chi connectivity index (χ0) is 24.4. The topological polar surface area (TPSA) is 69.6 Å². The van der Waals surface area contributed by atoms with Crippen LogP contribution in [0.1, 0.15) is 43.6 Å². The molecule has 1 saturated carbocycles. The van der Waals surface area contributed by atoms with E-state index in [9.17, 15) is 28.7 Å². The molecule has 0 unspecified atom stereocenters. The van der Waals surface area contributed by atoms with Gasteiger partial charge in [-0.2, -0.15) is 4.98 Å². The second kappa shape index (κ2) is 7.26. The Labute approximate surface area is 196 Å². The lowest BCUT2D eigenvalue weighted by Gasteiger charge is -2.47. The molecule has 0 amide bonds. The van der Waals surface area contributed by atoms with E-state index in [2.05, 4.69) is 9.97 Å². The summed E-state index contributed by atoms with van der Waals surface area (Å²) in [5.41, 5.74) is 0.164. The van der Waals surface area contributed by atoms with Crippen LogP contribution < -0.4 is 9.80 Å². The first kappa shape index (κ1) is 23.7. The molecule has 1 saturated heterocycles. The van der Waals surface area contributed by atoms with E-state index in [0.717, 1.165) is 31.4 Å². The van der Waals surface area contributed by atoms with Gasteiger partial charge in [0, 0.05) is 13.1 Å². The second-order valence-electron chi connectivity index (χ2n) is 9.30. The van der Waals surface area contributed by atoms with Gasteiger partial charge in [-0.05, 0) is 55.7 Å². The average Bonchev–Trinajstić information content (AvgIpc) is 3.08. The van der Waals surface area contributed by atoms with Gasteiger partial charge >= 0.3 is 10.2 Å². The summed E-state index contributed by atoms with van der Waals surface area (Å²) in [5, 5.41) is 9.96. The van der Waals surface area contributed by atoms with Crippen molar-refractivity contribution in [3.05, 3.63) is 36.0 Å². The number of aliphatic hydroxyl groups is 1. The molecular weight excluding hydrogens is 499 g/mol. The summed E-state index contributed by atoms with van der Waals surface area (Å²) in [6.45, 7) is 1.05. The predicted molar refractivity (Wildman–Crippen MR) is 121 cm³/mol. The smallest absolute Gasteiger partial charge is 0.310 e. The summed E-state index contributed by atoms with van der Waals surface area (Å²) in [4.78, 5) is 11.7. The first-order valence-electron chi connectivity index (χ1n) is 11.0. The molecule has 5 rings (SSSR count). The maximum absolute atomic E-state index is 13.0. The molecule has 3 aliphatic rings. The molecule has 13 heteroatoms. The van der Waals surface area contributed by atoms with E-state index >= 15 is 0 Å². The van der Waals surface area contributed by atoms with Crippen molar-refractivity contribution in [2.24, 2.45) is 0 Å². The number of halogens is 5. The number of piperidine rings is 1. The predicted octanol–water partition coefficient (Wildman–Crippen LogP) is 5.32. The van der Waals surface area contributed by atoms with Crippen LogP contribution in [0.25, 0.3) is 0 Å². The molecule has 1 aromatic carbocycles. The van der Waals surface area contributed by atoms with E-state index in [0.29, 0.717) is 60.3 Å². The Balaban J connectivity index is 1.30. The third-order valence-electron chi connectivity index (χ3n) is 7.20. The number of hydrogen-bond donors (Lipinski definition) is 1. The Morgan fingerprint density at radius 2 is 1.74 bits per heavy atom. The van der Waals surface area contributed by atoms with Gasteiger partial charge in [0.05, 0.1) is 29.1 Å². The van der Waals surface area contributed by atoms with E-state index in [1.807, 2.05) is 9.80 Å². The number of fused-ring (bicyclic) bond motifs is 1. The quantitative estimate of drug-likeness (QED) is 0.534. The van der Waals surface area contributed by atoms with Crippen LogP contribution in [0.5, 0.6) is 0 Å². The first-order chi connectivity index (χ1) is 15.8. The third-order valence-corrected chi connectivity index (χ3v) is 9.63. The molecule has 2 aromatic rings. The van der Waals surface area contributed by atoms with Crippen molar-refractivity contribution in [2.75, 3.05) is 35.4 Å². The van der Waals surface area contributed by atoms with Crippen LogP contribution in [0.15, 0.2) is 40.3 Å². The van der Waals surface area contributed by atoms with E-state index in [1.54, 1.807) is 6.20 Å². The van der Waals surface area contributed by atoms with Crippen molar-refractivity contribution in [1.82, 2.24) is 9.97 Å². The lowest BCUT2D eigenvalue weighted by atomic mass is 9.76. The van der Waals surface area contributed by atoms with Crippen LogP contribution in [-0.2, 0) is 10.8 Å². The molecule has 3 heterocycles. The fourth-order valence-corrected chi connectivity index (χ4v) is 6.93. The van der Waals surface area contributed by atoms with Crippen molar-refractivity contribution < 1.29 is 28.7 Å². The summed E-state index contributed by atoms with van der Waals surface area (Å²) < 4.78 is 77.4. The Morgan fingerprint density at radius 1 is 1.09 bits per heavy atom. The molecule has 1 atom stereocenters. The molecular formula is C21H25F5N4O2S2. The summed E-state index contributed by atoms with van der Waals surface area (Å²) in [7, 11) is -10.9. The lowest BCUT2D eigenvalue weighted by Crippen LogP contribution is -2.56. The summed E-state index contributed by atoms with van der Waals surface area (Å²) in [6, 6.07) is 3.22. The Hall–Kier alpha value is -1.99. The Bertz CT molecular complexity index is 1130. The maximum atomic E-state index is 13.0. The van der Waals surface area contributed by atoms with Gasteiger partial charge in [0.1, 0.15) is 15.7 Å². The molecule has 2 aliphatic heterocycles. The molecule has 0 bridgehead atoms. The monoisotopic (exact) mass is 524 g/mol. The van der Waals surface area contributed by atoms with Gasteiger partial charge in [-0.1, -0.05) is 31.6 Å². The minimum Gasteiger partial charge on any atom is -0.394 e. The Morgan fingerprint density at radius 3 is 2.26 bits per heavy atom. The van der Waals surface area contributed by atoms with Crippen molar-refractivity contribution >= 4 is 32.8 Å². The number of aliphatic hydroxyl groups excluding tert-OH is 1. The van der Waals surface area contributed by atoms with Crippen LogP contribution in [0, 0.1) is 0 Å². The summed E-state index contributed by atoms with van der Waals surface area (Å²) in [6.07, 6.45) is 5.40. The number of nitrogens with zero attached hydrogens (tertiary/aromatic N) is 4. The molecule has 0 radical (unpaired) electrons. The van der Waals surface area contributed by atoms with E-state index in [4.69, 9.17) is 0 Å². The minimum absolute atomic E-state index is 0.0326. The summed E-state index contributed by atoms with van der Waals surface area (Å²) >= 11 is 0. The number of aromatic nitrogens is 2. The van der Waals surface area contributed by atoms with Gasteiger partial charge in [-0.25, -0.2) is 4.98 Å². The highest BCUT2D eigenvalue weighted by molar-refractivity contribution is 8.45. The van der Waals surface area contributed by atoms with Crippen LogP contribution in [0.3, 0.4) is 0 Å². The van der Waals surface area contributed by atoms with Gasteiger partial charge < -0.3 is 14.9 Å². The lowest BCUT2D eigenvalue weighted by molar-refractivity contribution is 0.119. The van der Waals surface area contributed by atoms with Gasteiger partial charge in [0.25, 0.3) is 0 Å². The SMILES string of the molecule is O=[S@]1CN(C2(CO)CCC2)c2nc(N3CCC(c4ccc(S(F)(F)(F)(F)F)cc4)CC3)ncc21. The highest BCUT2D eigenvalue weighted by atomic mass is 32.5. The van der Waals surface area contributed by atoms with Crippen LogP contribution in [0.4, 0.5) is 31.2 Å². The number of rotatable bonds is 5. The molecule has 1 aliphatic carbocycles. The Kier molecular flexibility index (Phi) is 5.07. The average molecular weight is 525 g/mol. The van der Waals surface area contributed by atoms with E-state index in [-0.39, 0.29) is 18.4 Å². The molecule has 6 nitrogen and oxygen atoms in total. The van der Waals surface area contributed by atoms with E-state index in [1.165, 1.54) is 0 Å². The number of hydrogen-bond acceptors (Lipinski definition) is 6. The number of anilines is 2. The molecule has 34 heavy (non-hydrogen) atoms. The van der Waals surface area contributed by atoms with Crippen molar-refractivity contribution in [1.29, 1.82) is 0 Å². The zero-order valence-corrected chi connectivity index (χ0v) is 19.8. The third kappa shape index (κ3) is 4.15. The normalized spacial score (nSPS) is 24.8. The number of benzene rings is 1. The van der Waals surface area contributed by atoms with Crippen molar-refractivity contribution in [3.8, 4) is 0 Å². The van der Waals surface area contributed by atoms with Gasteiger partial charge in [-0.15, -0.1) is 0 Å². The van der Waals surface area contributed by atoms with Crippen molar-refractivity contribution in [2.45, 2.75) is 53.4 Å². The highest BCUT2D eigenvalue weighted by Crippen LogP contribution is 3.02. The second-order valence-corrected chi connectivity index (χ2v) is 13.1. The molecule has 2 fully saturated rings. The largest absolute Gasteiger partial charge is 0.394 e. The standard InChI is InChI=1S/C21H25F5N4O2S2/c22-34(23,24,25,26)17-4-2-15(3-5-17)16-6-10-29(11-7-16)20-27-12-18-19(28-20)30(14-33(18)32)21(13-31)8-1-9-21/h2-5,12,16,31H,1,6-11,13-14H2/t33-/m0/s1. The minimum atomic E-state index is -9.67. The van der Waals surface area contributed by atoms with Crippen LogP contribution in [-0.4, -0.2) is 50.4 Å². The van der Waals surface area contributed by atoms with Gasteiger partial charge in [0.2, 0.25) is 5.95 Å². The summed E-state index contributed by atoms with van der Waals surface area (Å²) in [5.74, 6) is 1.29. The maximum Gasteiger partial charge on any atom is 0.310 e. The fourth-order valence-electron chi connectivity index (χ4n) is 4.98. The molecule has 188 valence electrons. The zero-order valence-electron chi connectivity index (χ0n) is 18.2. The highest BCUT2D eigenvalue weighted by Gasteiger charge is 2.65. The van der Waals surface area contributed by atoms with Crippen LogP contribution in [0.2, 0.25) is 0 Å². The molecule has 1 N–H and O–H groups in total. The van der Waals surface area contributed by atoms with E-state index < -0.39 is 31.5 Å².